The van der Waals surface area contributed by atoms with Crippen LogP contribution in [0.1, 0.15) is 15.9 Å². The molecular weight excluding hydrogens is 282 g/mol. The molecule has 7 heteroatoms. The lowest BCUT2D eigenvalue weighted by Gasteiger charge is -2.07. The van der Waals surface area contributed by atoms with E-state index in [1.165, 1.54) is 37.4 Å². The van der Waals surface area contributed by atoms with Gasteiger partial charge >= 0.3 is 0 Å². The molecule has 102 valence electrons. The molecule has 0 spiro atoms. The molecule has 0 bridgehead atoms. The number of nitrogens with one attached hydrogen (secondary N) is 1. The molecule has 1 heterocycles. The van der Waals surface area contributed by atoms with Crippen LogP contribution < -0.4 is 5.32 Å². The van der Waals surface area contributed by atoms with Crippen molar-refractivity contribution in [3.05, 3.63) is 62.8 Å². The Labute approximate surface area is 119 Å². The van der Waals surface area contributed by atoms with Gasteiger partial charge in [0.05, 0.1) is 4.92 Å². The van der Waals surface area contributed by atoms with Crippen molar-refractivity contribution >= 4 is 29.0 Å². The number of pyridine rings is 1. The van der Waals surface area contributed by atoms with Crippen molar-refractivity contribution in [1.82, 2.24) is 4.98 Å². The quantitative estimate of drug-likeness (QED) is 0.695. The van der Waals surface area contributed by atoms with E-state index in [-0.39, 0.29) is 17.1 Å². The molecule has 0 atom stereocenters. The van der Waals surface area contributed by atoms with Crippen LogP contribution in [0.15, 0.2) is 36.5 Å². The standard InChI is InChI=1S/C13H10ClN3O3/c1-8-10(3-2-4-11(8)17(19)20)13(18)16-12-7-9(14)5-6-15-12/h2-7H,1H3,(H,15,16,18). The monoisotopic (exact) mass is 291 g/mol. The molecule has 20 heavy (non-hydrogen) atoms. The van der Waals surface area contributed by atoms with Crippen molar-refractivity contribution in [2.45, 2.75) is 6.92 Å². The van der Waals surface area contributed by atoms with E-state index >= 15 is 0 Å². The zero-order chi connectivity index (χ0) is 14.7. The zero-order valence-corrected chi connectivity index (χ0v) is 11.2. The summed E-state index contributed by atoms with van der Waals surface area (Å²) >= 11 is 5.79. The molecule has 2 aromatic rings. The highest BCUT2D eigenvalue weighted by molar-refractivity contribution is 6.30. The van der Waals surface area contributed by atoms with Gasteiger partial charge in [-0.2, -0.15) is 0 Å². The van der Waals surface area contributed by atoms with Gasteiger partial charge in [-0.1, -0.05) is 17.7 Å². The summed E-state index contributed by atoms with van der Waals surface area (Å²) in [6.07, 6.45) is 1.46. The molecule has 1 N–H and O–H groups in total. The van der Waals surface area contributed by atoms with Gasteiger partial charge in [-0.05, 0) is 25.1 Å². The second kappa shape index (κ2) is 5.66. The number of anilines is 1. The highest BCUT2D eigenvalue weighted by Gasteiger charge is 2.18. The van der Waals surface area contributed by atoms with Gasteiger partial charge in [0.1, 0.15) is 5.82 Å². The maximum absolute atomic E-state index is 12.1. The van der Waals surface area contributed by atoms with Gasteiger partial charge in [0.15, 0.2) is 0 Å². The normalized spacial score (nSPS) is 10.1. The Hall–Kier alpha value is -2.47. The number of aromatic nitrogens is 1. The first-order valence-electron chi connectivity index (χ1n) is 5.66. The van der Waals surface area contributed by atoms with Crippen molar-refractivity contribution < 1.29 is 9.72 Å². The predicted molar refractivity (Wildman–Crippen MR) is 75.0 cm³/mol. The average Bonchev–Trinajstić information content (AvgIpc) is 2.38. The molecule has 0 aliphatic heterocycles. The van der Waals surface area contributed by atoms with Gasteiger partial charge in [0, 0.05) is 28.4 Å². The fraction of sp³-hybridized carbons (Fsp3) is 0.0769. The molecule has 0 unspecified atom stereocenters. The van der Waals surface area contributed by atoms with Gasteiger partial charge < -0.3 is 5.32 Å². The Morgan fingerprint density at radius 2 is 2.15 bits per heavy atom. The highest BCUT2D eigenvalue weighted by Crippen LogP contribution is 2.22. The van der Waals surface area contributed by atoms with E-state index in [4.69, 9.17) is 11.6 Å². The summed E-state index contributed by atoms with van der Waals surface area (Å²) in [5.74, 6) is -0.186. The number of nitro groups is 1. The third kappa shape index (κ3) is 2.92. The van der Waals surface area contributed by atoms with Crippen molar-refractivity contribution in [3.63, 3.8) is 0 Å². The van der Waals surface area contributed by atoms with E-state index in [2.05, 4.69) is 10.3 Å². The number of benzene rings is 1. The van der Waals surface area contributed by atoms with Crippen LogP contribution in [0.25, 0.3) is 0 Å². The molecule has 0 aliphatic carbocycles. The maximum atomic E-state index is 12.1. The van der Waals surface area contributed by atoms with Crippen LogP contribution in [0.3, 0.4) is 0 Å². The second-order valence-electron chi connectivity index (χ2n) is 4.02. The number of nitrogens with zero attached hydrogens (tertiary/aromatic N) is 2. The second-order valence-corrected chi connectivity index (χ2v) is 4.46. The number of hydrogen-bond acceptors (Lipinski definition) is 4. The number of carbonyl (C=O) groups excluding carboxylic acids is 1. The molecule has 0 aliphatic rings. The average molecular weight is 292 g/mol. The van der Waals surface area contributed by atoms with E-state index in [0.717, 1.165) is 0 Å². The van der Waals surface area contributed by atoms with E-state index in [0.29, 0.717) is 10.6 Å². The summed E-state index contributed by atoms with van der Waals surface area (Å²) in [6, 6.07) is 7.40. The minimum Gasteiger partial charge on any atom is -0.307 e. The molecule has 0 radical (unpaired) electrons. The first-order valence-corrected chi connectivity index (χ1v) is 6.04. The molecule has 0 fully saturated rings. The summed E-state index contributed by atoms with van der Waals surface area (Å²) in [7, 11) is 0. The van der Waals surface area contributed by atoms with Gasteiger partial charge in [0.2, 0.25) is 0 Å². The Balaban J connectivity index is 2.30. The Bertz CT molecular complexity index is 688. The molecule has 1 aromatic carbocycles. The van der Waals surface area contributed by atoms with Gasteiger partial charge in [-0.15, -0.1) is 0 Å². The Kier molecular flexibility index (Phi) is 3.95. The van der Waals surface area contributed by atoms with Crippen LogP contribution in [0, 0.1) is 17.0 Å². The molecule has 0 saturated carbocycles. The largest absolute Gasteiger partial charge is 0.307 e. The third-order valence-electron chi connectivity index (χ3n) is 2.71. The van der Waals surface area contributed by atoms with Crippen molar-refractivity contribution in [1.29, 1.82) is 0 Å². The van der Waals surface area contributed by atoms with E-state index in [9.17, 15) is 14.9 Å². The first-order chi connectivity index (χ1) is 9.49. The molecule has 1 amide bonds. The fourth-order valence-corrected chi connectivity index (χ4v) is 1.88. The first kappa shape index (κ1) is 14.0. The Morgan fingerprint density at radius 1 is 1.40 bits per heavy atom. The SMILES string of the molecule is Cc1c(C(=O)Nc2cc(Cl)ccn2)cccc1[N+](=O)[O-]. The van der Waals surface area contributed by atoms with E-state index < -0.39 is 10.8 Å². The zero-order valence-electron chi connectivity index (χ0n) is 10.5. The number of halogens is 1. The summed E-state index contributed by atoms with van der Waals surface area (Å²) in [6.45, 7) is 1.53. The van der Waals surface area contributed by atoms with Gasteiger partial charge in [-0.3, -0.25) is 14.9 Å². The molecule has 0 saturated heterocycles. The molecule has 1 aromatic heterocycles. The Morgan fingerprint density at radius 3 is 2.80 bits per heavy atom. The van der Waals surface area contributed by atoms with Crippen LogP contribution in [0.4, 0.5) is 11.5 Å². The minimum absolute atomic E-state index is 0.100. The molecular formula is C13H10ClN3O3. The number of amides is 1. The summed E-state index contributed by atoms with van der Waals surface area (Å²) in [4.78, 5) is 26.4. The number of nitro benzene ring substituents is 1. The van der Waals surface area contributed by atoms with Crippen LogP contribution in [0.5, 0.6) is 0 Å². The summed E-state index contributed by atoms with van der Waals surface area (Å²) in [5, 5.41) is 13.8. The lowest BCUT2D eigenvalue weighted by molar-refractivity contribution is -0.385. The molecule has 2 rings (SSSR count). The van der Waals surface area contributed by atoms with Crippen LogP contribution in [-0.4, -0.2) is 15.8 Å². The van der Waals surface area contributed by atoms with Crippen LogP contribution in [-0.2, 0) is 0 Å². The van der Waals surface area contributed by atoms with Crippen LogP contribution >= 0.6 is 11.6 Å². The number of hydrogen-bond donors (Lipinski definition) is 1. The fourth-order valence-electron chi connectivity index (χ4n) is 1.72. The van der Waals surface area contributed by atoms with E-state index in [1.54, 1.807) is 6.07 Å². The van der Waals surface area contributed by atoms with Crippen molar-refractivity contribution in [2.24, 2.45) is 0 Å². The lowest BCUT2D eigenvalue weighted by atomic mass is 10.1. The van der Waals surface area contributed by atoms with Crippen molar-refractivity contribution in [2.75, 3.05) is 5.32 Å². The summed E-state index contributed by atoms with van der Waals surface area (Å²) in [5.41, 5.74) is 0.426. The van der Waals surface area contributed by atoms with Crippen LogP contribution in [0.2, 0.25) is 5.02 Å². The lowest BCUT2D eigenvalue weighted by Crippen LogP contribution is -2.14. The van der Waals surface area contributed by atoms with Gasteiger partial charge in [0.25, 0.3) is 11.6 Å². The van der Waals surface area contributed by atoms with Gasteiger partial charge in [-0.25, -0.2) is 4.98 Å². The molecule has 6 nitrogen and oxygen atoms in total. The summed E-state index contributed by atoms with van der Waals surface area (Å²) < 4.78 is 0. The number of carbonyl (C=O) groups is 1. The van der Waals surface area contributed by atoms with E-state index in [1.807, 2.05) is 0 Å². The number of rotatable bonds is 3. The smallest absolute Gasteiger partial charge is 0.273 e. The topological polar surface area (TPSA) is 85.1 Å². The van der Waals surface area contributed by atoms with Crippen molar-refractivity contribution in [3.8, 4) is 0 Å². The predicted octanol–water partition coefficient (Wildman–Crippen LogP) is 3.20. The third-order valence-corrected chi connectivity index (χ3v) is 2.95. The minimum atomic E-state index is -0.524. The highest BCUT2D eigenvalue weighted by atomic mass is 35.5. The maximum Gasteiger partial charge on any atom is 0.273 e.